The third-order valence-corrected chi connectivity index (χ3v) is 4.17. The molecular weight excluding hydrogens is 400 g/mol. The summed E-state index contributed by atoms with van der Waals surface area (Å²) < 4.78 is 39.3. The molecule has 7 nitrogen and oxygen atoms in total. The molecule has 1 aromatic heterocycles. The lowest BCUT2D eigenvalue weighted by Gasteiger charge is -2.08. The van der Waals surface area contributed by atoms with Crippen LogP contribution < -0.4 is 5.32 Å². The molecule has 0 radical (unpaired) electrons. The van der Waals surface area contributed by atoms with Crippen LogP contribution in [0, 0.1) is 17.0 Å². The van der Waals surface area contributed by atoms with E-state index in [1.54, 1.807) is 0 Å². The van der Waals surface area contributed by atoms with Crippen LogP contribution in [0.1, 0.15) is 17.8 Å². The zero-order chi connectivity index (χ0) is 19.6. The molecule has 1 N–H and O–H groups in total. The molecule has 0 fully saturated rings. The van der Waals surface area contributed by atoms with Crippen LogP contribution in [0.15, 0.2) is 18.2 Å². The topological polar surface area (TPSA) is 90.1 Å². The van der Waals surface area contributed by atoms with Gasteiger partial charge in [0.05, 0.1) is 32.9 Å². The molecule has 1 aromatic carbocycles. The van der Waals surface area contributed by atoms with E-state index < -0.39 is 27.7 Å². The first kappa shape index (κ1) is 20.0. The predicted octanol–water partition coefficient (Wildman–Crippen LogP) is 4.45. The minimum absolute atomic E-state index is 0.0251. The molecule has 1 amide bonds. The highest BCUT2D eigenvalue weighted by Gasteiger charge is 2.38. The van der Waals surface area contributed by atoms with Gasteiger partial charge in [0, 0.05) is 18.6 Å². The molecule has 0 unspecified atom stereocenters. The highest BCUT2D eigenvalue weighted by molar-refractivity contribution is 6.33. The van der Waals surface area contributed by atoms with Crippen LogP contribution >= 0.6 is 23.2 Å². The minimum Gasteiger partial charge on any atom is -0.325 e. The van der Waals surface area contributed by atoms with Crippen molar-refractivity contribution in [3.63, 3.8) is 0 Å². The molecule has 26 heavy (non-hydrogen) atoms. The number of aryl methyl sites for hydroxylation is 1. The zero-order valence-electron chi connectivity index (χ0n) is 13.1. The number of nitro benzene ring substituents is 1. The Bertz CT molecular complexity index is 868. The van der Waals surface area contributed by atoms with Gasteiger partial charge < -0.3 is 5.32 Å². The molecule has 1 heterocycles. The van der Waals surface area contributed by atoms with Crippen molar-refractivity contribution in [1.29, 1.82) is 0 Å². The number of rotatable bonds is 5. The van der Waals surface area contributed by atoms with E-state index in [9.17, 15) is 28.1 Å². The fourth-order valence-electron chi connectivity index (χ4n) is 2.07. The Morgan fingerprint density at radius 2 is 2.04 bits per heavy atom. The van der Waals surface area contributed by atoms with Crippen molar-refractivity contribution in [1.82, 2.24) is 9.78 Å². The molecule has 0 saturated carbocycles. The number of halogens is 5. The highest BCUT2D eigenvalue weighted by Crippen LogP contribution is 2.35. The van der Waals surface area contributed by atoms with Crippen LogP contribution in [0.2, 0.25) is 10.0 Å². The maximum atomic E-state index is 12.8. The number of hydrogen-bond donors (Lipinski definition) is 1. The minimum atomic E-state index is -4.70. The average molecular weight is 411 g/mol. The molecule has 140 valence electrons. The summed E-state index contributed by atoms with van der Waals surface area (Å²) in [5.74, 6) is -0.605. The van der Waals surface area contributed by atoms with Gasteiger partial charge in [-0.25, -0.2) is 0 Å². The van der Waals surface area contributed by atoms with Crippen molar-refractivity contribution in [2.45, 2.75) is 26.1 Å². The number of benzene rings is 1. The SMILES string of the molecule is Cc1c(Cl)c(C(F)(F)F)nn1CCC(=O)Nc1cc([N+](=O)[O-])ccc1Cl. The molecule has 2 rings (SSSR count). The summed E-state index contributed by atoms with van der Waals surface area (Å²) in [6, 6.07) is 3.51. The molecule has 2 aromatic rings. The fourth-order valence-corrected chi connectivity index (χ4v) is 2.47. The molecule has 0 aliphatic rings. The van der Waals surface area contributed by atoms with Crippen molar-refractivity contribution >= 4 is 40.5 Å². The number of nitrogens with zero attached hydrogens (tertiary/aromatic N) is 3. The Labute approximate surface area is 154 Å². The average Bonchev–Trinajstić information content (AvgIpc) is 2.83. The maximum Gasteiger partial charge on any atom is 0.436 e. The number of non-ortho nitro benzene ring substituents is 1. The van der Waals surface area contributed by atoms with E-state index >= 15 is 0 Å². The predicted molar refractivity (Wildman–Crippen MR) is 88.3 cm³/mol. The largest absolute Gasteiger partial charge is 0.436 e. The van der Waals surface area contributed by atoms with Crippen molar-refractivity contribution in [3.05, 3.63) is 49.7 Å². The number of anilines is 1. The van der Waals surface area contributed by atoms with Crippen LogP contribution in [0.3, 0.4) is 0 Å². The second-order valence-electron chi connectivity index (χ2n) is 5.19. The van der Waals surface area contributed by atoms with Gasteiger partial charge in [-0.2, -0.15) is 18.3 Å². The van der Waals surface area contributed by atoms with E-state index in [2.05, 4.69) is 10.4 Å². The Kier molecular flexibility index (Phi) is 5.77. The molecule has 0 aliphatic carbocycles. The third-order valence-electron chi connectivity index (χ3n) is 3.39. The summed E-state index contributed by atoms with van der Waals surface area (Å²) in [7, 11) is 0. The monoisotopic (exact) mass is 410 g/mol. The Morgan fingerprint density at radius 3 is 2.58 bits per heavy atom. The van der Waals surface area contributed by atoms with Gasteiger partial charge in [0.15, 0.2) is 5.69 Å². The van der Waals surface area contributed by atoms with Gasteiger partial charge in [0.1, 0.15) is 0 Å². The van der Waals surface area contributed by atoms with Gasteiger partial charge in [-0.15, -0.1) is 0 Å². The van der Waals surface area contributed by atoms with Gasteiger partial charge in [0.2, 0.25) is 5.91 Å². The first-order valence-electron chi connectivity index (χ1n) is 7.04. The zero-order valence-corrected chi connectivity index (χ0v) is 14.6. The van der Waals surface area contributed by atoms with E-state index in [0.29, 0.717) is 0 Å². The summed E-state index contributed by atoms with van der Waals surface area (Å²) in [4.78, 5) is 22.1. The first-order chi connectivity index (χ1) is 12.0. The summed E-state index contributed by atoms with van der Waals surface area (Å²) in [6.07, 6.45) is -4.94. The van der Waals surface area contributed by atoms with Crippen molar-refractivity contribution in [3.8, 4) is 0 Å². The summed E-state index contributed by atoms with van der Waals surface area (Å²) in [5.41, 5.74) is -1.40. The standard InChI is InChI=1S/C14H11Cl2F3N4O3/c1-7-12(16)13(14(17,18)19)21-22(7)5-4-11(24)20-10-6-8(23(25)26)2-3-9(10)15/h2-3,6H,4-5H2,1H3,(H,20,24). The third kappa shape index (κ3) is 4.44. The maximum absolute atomic E-state index is 12.8. The fraction of sp³-hybridized carbons (Fsp3) is 0.286. The number of carbonyl (C=O) groups is 1. The lowest BCUT2D eigenvalue weighted by molar-refractivity contribution is -0.384. The van der Waals surface area contributed by atoms with Crippen molar-refractivity contribution in [2.24, 2.45) is 0 Å². The van der Waals surface area contributed by atoms with Crippen LogP contribution in [-0.2, 0) is 17.5 Å². The number of carbonyl (C=O) groups excluding carboxylic acids is 1. The lowest BCUT2D eigenvalue weighted by atomic mass is 10.2. The summed E-state index contributed by atoms with van der Waals surface area (Å²) in [6.45, 7) is 1.18. The molecule has 0 atom stereocenters. The number of alkyl halides is 3. The van der Waals surface area contributed by atoms with Gasteiger partial charge in [-0.05, 0) is 13.0 Å². The van der Waals surface area contributed by atoms with Gasteiger partial charge in [0.25, 0.3) is 5.69 Å². The van der Waals surface area contributed by atoms with Crippen LogP contribution in [0.25, 0.3) is 0 Å². The number of aromatic nitrogens is 2. The van der Waals surface area contributed by atoms with Gasteiger partial charge in [-0.3, -0.25) is 19.6 Å². The quantitative estimate of drug-likeness (QED) is 0.581. The molecule has 0 saturated heterocycles. The van der Waals surface area contributed by atoms with E-state index in [1.807, 2.05) is 0 Å². The summed E-state index contributed by atoms with van der Waals surface area (Å²) in [5, 5.41) is 16.1. The lowest BCUT2D eigenvalue weighted by Crippen LogP contribution is -2.16. The first-order valence-corrected chi connectivity index (χ1v) is 7.80. The highest BCUT2D eigenvalue weighted by atomic mass is 35.5. The summed E-state index contributed by atoms with van der Waals surface area (Å²) >= 11 is 11.5. The molecule has 12 heteroatoms. The number of nitrogens with one attached hydrogen (secondary N) is 1. The smallest absolute Gasteiger partial charge is 0.325 e. The van der Waals surface area contributed by atoms with E-state index in [-0.39, 0.29) is 35.1 Å². The number of hydrogen-bond acceptors (Lipinski definition) is 4. The van der Waals surface area contributed by atoms with Crippen molar-refractivity contribution in [2.75, 3.05) is 5.32 Å². The van der Waals surface area contributed by atoms with E-state index in [0.717, 1.165) is 10.7 Å². The van der Waals surface area contributed by atoms with E-state index in [1.165, 1.54) is 19.1 Å². The van der Waals surface area contributed by atoms with Gasteiger partial charge >= 0.3 is 6.18 Å². The van der Waals surface area contributed by atoms with Crippen LogP contribution in [0.4, 0.5) is 24.5 Å². The molecule has 0 bridgehead atoms. The molecule has 0 aliphatic heterocycles. The number of nitro groups is 1. The molecular formula is C14H11Cl2F3N4O3. The van der Waals surface area contributed by atoms with Crippen LogP contribution in [0.5, 0.6) is 0 Å². The molecule has 0 spiro atoms. The second kappa shape index (κ2) is 7.50. The van der Waals surface area contributed by atoms with E-state index in [4.69, 9.17) is 23.2 Å². The Morgan fingerprint density at radius 1 is 1.38 bits per heavy atom. The normalized spacial score (nSPS) is 11.5. The van der Waals surface area contributed by atoms with Crippen LogP contribution in [-0.4, -0.2) is 20.6 Å². The Hall–Kier alpha value is -2.33. The van der Waals surface area contributed by atoms with Crippen molar-refractivity contribution < 1.29 is 22.9 Å². The number of amides is 1. The second-order valence-corrected chi connectivity index (χ2v) is 5.97. The van der Waals surface area contributed by atoms with Gasteiger partial charge in [-0.1, -0.05) is 23.2 Å². The Balaban J connectivity index is 2.09.